The van der Waals surface area contributed by atoms with Crippen molar-refractivity contribution in [3.8, 4) is 0 Å². The number of halogens is 2. The van der Waals surface area contributed by atoms with Gasteiger partial charge in [-0.3, -0.25) is 0 Å². The lowest BCUT2D eigenvalue weighted by molar-refractivity contribution is 0.00979. The zero-order valence-electron chi connectivity index (χ0n) is 8.99. The number of ether oxygens (including phenoxy) is 1. The van der Waals surface area contributed by atoms with Crippen molar-refractivity contribution in [2.24, 2.45) is 0 Å². The third-order valence-electron chi connectivity index (χ3n) is 2.81. The first-order valence-electron chi connectivity index (χ1n) is 5.56. The second kappa shape index (κ2) is 5.68. The Labute approximate surface area is 97.6 Å². The smallest absolute Gasteiger partial charge is 0.261 e. The van der Waals surface area contributed by atoms with Crippen molar-refractivity contribution in [2.75, 3.05) is 6.61 Å². The standard InChI is InChI=1S/C11H15F2NOS/c12-10(13)5-15-6-11-14-9(7-16-11)8-3-1-2-4-8/h7-8,10H,1-6H2. The summed E-state index contributed by atoms with van der Waals surface area (Å²) in [6.45, 7) is -0.292. The first-order valence-corrected chi connectivity index (χ1v) is 6.44. The van der Waals surface area contributed by atoms with Crippen LogP contribution in [0.4, 0.5) is 8.78 Å². The van der Waals surface area contributed by atoms with Crippen LogP contribution in [0.1, 0.15) is 42.3 Å². The molecule has 0 bridgehead atoms. The third-order valence-corrected chi connectivity index (χ3v) is 3.65. The fraction of sp³-hybridized carbons (Fsp3) is 0.727. The van der Waals surface area contributed by atoms with Gasteiger partial charge in [-0.25, -0.2) is 13.8 Å². The topological polar surface area (TPSA) is 22.1 Å². The molecule has 90 valence electrons. The third kappa shape index (κ3) is 3.22. The van der Waals surface area contributed by atoms with Crippen molar-refractivity contribution in [3.63, 3.8) is 0 Å². The van der Waals surface area contributed by atoms with E-state index in [1.54, 1.807) is 0 Å². The molecule has 0 spiro atoms. The molecule has 0 amide bonds. The Morgan fingerprint density at radius 1 is 1.44 bits per heavy atom. The second-order valence-electron chi connectivity index (χ2n) is 4.05. The summed E-state index contributed by atoms with van der Waals surface area (Å²) in [7, 11) is 0. The zero-order valence-corrected chi connectivity index (χ0v) is 9.81. The van der Waals surface area contributed by atoms with Crippen LogP contribution in [-0.2, 0) is 11.3 Å². The summed E-state index contributed by atoms with van der Waals surface area (Å²) in [5.74, 6) is 0.583. The Morgan fingerprint density at radius 2 is 2.19 bits per heavy atom. The number of hydrogen-bond donors (Lipinski definition) is 0. The zero-order chi connectivity index (χ0) is 11.4. The minimum atomic E-state index is -2.39. The van der Waals surface area contributed by atoms with E-state index in [1.165, 1.54) is 37.0 Å². The van der Waals surface area contributed by atoms with Gasteiger partial charge in [-0.2, -0.15) is 0 Å². The van der Waals surface area contributed by atoms with Crippen molar-refractivity contribution in [3.05, 3.63) is 16.1 Å². The highest BCUT2D eigenvalue weighted by molar-refractivity contribution is 7.09. The summed E-state index contributed by atoms with van der Waals surface area (Å²) in [4.78, 5) is 4.44. The monoisotopic (exact) mass is 247 g/mol. The summed E-state index contributed by atoms with van der Waals surface area (Å²) in [6.07, 6.45) is 2.58. The maximum absolute atomic E-state index is 11.8. The van der Waals surface area contributed by atoms with E-state index < -0.39 is 13.0 Å². The van der Waals surface area contributed by atoms with Gasteiger partial charge in [-0.1, -0.05) is 12.8 Å². The van der Waals surface area contributed by atoms with Crippen LogP contribution in [0.15, 0.2) is 5.38 Å². The molecule has 1 aliphatic rings. The van der Waals surface area contributed by atoms with Crippen molar-refractivity contribution in [1.29, 1.82) is 0 Å². The summed E-state index contributed by atoms with van der Waals surface area (Å²) < 4.78 is 28.5. The van der Waals surface area contributed by atoms with Gasteiger partial charge in [-0.05, 0) is 12.8 Å². The van der Waals surface area contributed by atoms with Gasteiger partial charge in [0.25, 0.3) is 6.43 Å². The first kappa shape index (κ1) is 11.9. The van der Waals surface area contributed by atoms with Crippen LogP contribution >= 0.6 is 11.3 Å². The number of rotatable bonds is 5. The van der Waals surface area contributed by atoms with Gasteiger partial charge in [-0.15, -0.1) is 11.3 Å². The number of aromatic nitrogens is 1. The summed E-state index contributed by atoms with van der Waals surface area (Å²) >= 11 is 1.51. The van der Waals surface area contributed by atoms with E-state index in [1.807, 2.05) is 5.38 Å². The molecule has 1 aromatic heterocycles. The molecule has 1 fully saturated rings. The average Bonchev–Trinajstić information content (AvgIpc) is 2.85. The molecule has 16 heavy (non-hydrogen) atoms. The fourth-order valence-electron chi connectivity index (χ4n) is 2.04. The van der Waals surface area contributed by atoms with Crippen molar-refractivity contribution in [2.45, 2.75) is 44.6 Å². The lowest BCUT2D eigenvalue weighted by Crippen LogP contribution is -2.04. The largest absolute Gasteiger partial charge is 0.368 e. The molecule has 0 unspecified atom stereocenters. The highest BCUT2D eigenvalue weighted by Gasteiger charge is 2.19. The predicted octanol–water partition coefficient (Wildman–Crippen LogP) is 3.58. The van der Waals surface area contributed by atoms with Gasteiger partial charge < -0.3 is 4.74 Å². The molecule has 2 rings (SSSR count). The molecule has 0 radical (unpaired) electrons. The molecule has 2 nitrogen and oxygen atoms in total. The Kier molecular flexibility index (Phi) is 4.23. The molecule has 5 heteroatoms. The Balaban J connectivity index is 1.82. The molecule has 0 aliphatic heterocycles. The molecule has 0 atom stereocenters. The maximum atomic E-state index is 11.8. The van der Waals surface area contributed by atoms with Gasteiger partial charge in [0.1, 0.15) is 11.6 Å². The molecule has 1 heterocycles. The van der Waals surface area contributed by atoms with Crippen molar-refractivity contribution < 1.29 is 13.5 Å². The maximum Gasteiger partial charge on any atom is 0.261 e. The number of thiazole rings is 1. The number of alkyl halides is 2. The number of hydrogen-bond acceptors (Lipinski definition) is 3. The Hall–Kier alpha value is -0.550. The molecule has 1 saturated carbocycles. The average molecular weight is 247 g/mol. The molecule has 0 N–H and O–H groups in total. The van der Waals surface area contributed by atoms with Crippen LogP contribution in [0.2, 0.25) is 0 Å². The minimum Gasteiger partial charge on any atom is -0.368 e. The van der Waals surface area contributed by atoms with Crippen LogP contribution in [-0.4, -0.2) is 18.0 Å². The molecule has 0 saturated heterocycles. The molecular weight excluding hydrogens is 232 g/mol. The first-order chi connectivity index (χ1) is 7.75. The van der Waals surface area contributed by atoms with E-state index in [2.05, 4.69) is 4.98 Å². The van der Waals surface area contributed by atoms with E-state index in [0.29, 0.717) is 5.92 Å². The fourth-order valence-corrected chi connectivity index (χ4v) is 2.85. The van der Waals surface area contributed by atoms with Crippen LogP contribution in [0.25, 0.3) is 0 Å². The molecule has 1 aliphatic carbocycles. The SMILES string of the molecule is FC(F)COCc1nc(C2CCCC2)cs1. The lowest BCUT2D eigenvalue weighted by Gasteiger charge is -2.03. The molecule has 0 aromatic carbocycles. The van der Waals surface area contributed by atoms with E-state index in [-0.39, 0.29) is 6.61 Å². The van der Waals surface area contributed by atoms with Crippen molar-refractivity contribution in [1.82, 2.24) is 4.98 Å². The lowest BCUT2D eigenvalue weighted by atomic mass is 10.1. The molecule has 1 aromatic rings. The number of nitrogens with zero attached hydrogens (tertiary/aromatic N) is 1. The summed E-state index contributed by atoms with van der Waals surface area (Å²) in [5, 5.41) is 2.85. The highest BCUT2D eigenvalue weighted by atomic mass is 32.1. The van der Waals surface area contributed by atoms with E-state index in [0.717, 1.165) is 10.7 Å². The van der Waals surface area contributed by atoms with Gasteiger partial charge in [0, 0.05) is 11.3 Å². The second-order valence-corrected chi connectivity index (χ2v) is 5.00. The summed E-state index contributed by atoms with van der Waals surface area (Å²) in [5.41, 5.74) is 1.12. The highest BCUT2D eigenvalue weighted by Crippen LogP contribution is 2.34. The van der Waals surface area contributed by atoms with E-state index >= 15 is 0 Å². The van der Waals surface area contributed by atoms with E-state index in [4.69, 9.17) is 4.74 Å². The quantitative estimate of drug-likeness (QED) is 0.793. The van der Waals surface area contributed by atoms with Crippen LogP contribution in [0.3, 0.4) is 0 Å². The van der Waals surface area contributed by atoms with Crippen LogP contribution < -0.4 is 0 Å². The predicted molar refractivity (Wildman–Crippen MR) is 59.0 cm³/mol. The molecular formula is C11H15F2NOS. The van der Waals surface area contributed by atoms with Gasteiger partial charge in [0.2, 0.25) is 0 Å². The minimum absolute atomic E-state index is 0.210. The van der Waals surface area contributed by atoms with Gasteiger partial charge in [0.15, 0.2) is 0 Å². The van der Waals surface area contributed by atoms with Crippen LogP contribution in [0.5, 0.6) is 0 Å². The normalized spacial score (nSPS) is 17.4. The van der Waals surface area contributed by atoms with Gasteiger partial charge >= 0.3 is 0 Å². The Morgan fingerprint density at radius 3 is 2.88 bits per heavy atom. The van der Waals surface area contributed by atoms with Crippen molar-refractivity contribution >= 4 is 11.3 Å². The van der Waals surface area contributed by atoms with Gasteiger partial charge in [0.05, 0.1) is 12.3 Å². The summed E-state index contributed by atoms with van der Waals surface area (Å²) in [6, 6.07) is 0. The van der Waals surface area contributed by atoms with E-state index in [9.17, 15) is 8.78 Å². The van der Waals surface area contributed by atoms with Crippen LogP contribution in [0, 0.1) is 0 Å². The Bertz CT molecular complexity index is 324.